The van der Waals surface area contributed by atoms with Crippen LogP contribution >= 0.6 is 0 Å². The minimum absolute atomic E-state index is 0.734. The van der Waals surface area contributed by atoms with Gasteiger partial charge < -0.3 is 19.3 Å². The molecular formula is C9H10O8. The minimum atomic E-state index is -2.35. The molecule has 1 unspecified atom stereocenters. The highest BCUT2D eigenvalue weighted by Gasteiger charge is 2.62. The van der Waals surface area contributed by atoms with Crippen molar-refractivity contribution >= 4 is 23.9 Å². The summed E-state index contributed by atoms with van der Waals surface area (Å²) in [7, 11) is 0.995. The van der Waals surface area contributed by atoms with E-state index in [9.17, 15) is 19.2 Å². The van der Waals surface area contributed by atoms with Gasteiger partial charge in [0.1, 0.15) is 6.42 Å². The van der Waals surface area contributed by atoms with E-state index in [0.29, 0.717) is 0 Å². The number of methoxy groups -OCH3 is 1. The first-order valence-electron chi connectivity index (χ1n) is 4.54. The highest BCUT2D eigenvalue weighted by Crippen LogP contribution is 2.32. The summed E-state index contributed by atoms with van der Waals surface area (Å²) in [6.45, 7) is 0.960. The van der Waals surface area contributed by atoms with Gasteiger partial charge >= 0.3 is 23.9 Å². The maximum atomic E-state index is 11.3. The van der Waals surface area contributed by atoms with Crippen LogP contribution in [0, 0.1) is 0 Å². The Bertz CT molecular complexity index is 386. The van der Waals surface area contributed by atoms with Crippen molar-refractivity contribution in [2.45, 2.75) is 25.0 Å². The van der Waals surface area contributed by atoms with Crippen LogP contribution in [-0.2, 0) is 33.4 Å². The quantitative estimate of drug-likeness (QED) is 0.490. The van der Waals surface area contributed by atoms with Crippen LogP contribution in [0.1, 0.15) is 13.3 Å². The SMILES string of the molecule is COC(=O)C1OC(=O)C[C@@]1(OC(C)=O)C(=O)O. The lowest BCUT2D eigenvalue weighted by Crippen LogP contribution is -2.53. The van der Waals surface area contributed by atoms with Crippen LogP contribution in [0.2, 0.25) is 0 Å². The number of hydrogen-bond acceptors (Lipinski definition) is 7. The Morgan fingerprint density at radius 1 is 1.47 bits per heavy atom. The molecule has 1 saturated heterocycles. The number of cyclic esters (lactones) is 1. The van der Waals surface area contributed by atoms with Crippen LogP contribution in [-0.4, -0.2) is 47.8 Å². The van der Waals surface area contributed by atoms with E-state index < -0.39 is 42.0 Å². The van der Waals surface area contributed by atoms with Crippen LogP contribution in [0.25, 0.3) is 0 Å². The van der Waals surface area contributed by atoms with E-state index in [2.05, 4.69) is 14.2 Å². The Hall–Kier alpha value is -2.12. The van der Waals surface area contributed by atoms with E-state index in [1.807, 2.05) is 0 Å². The fraction of sp³-hybridized carbons (Fsp3) is 0.556. The summed E-state index contributed by atoms with van der Waals surface area (Å²) >= 11 is 0. The van der Waals surface area contributed by atoms with Gasteiger partial charge in [-0.2, -0.15) is 0 Å². The second-order valence-corrected chi connectivity index (χ2v) is 3.36. The summed E-state index contributed by atoms with van der Waals surface area (Å²) in [5.41, 5.74) is -2.35. The Morgan fingerprint density at radius 2 is 2.06 bits per heavy atom. The number of aliphatic carboxylic acids is 1. The highest BCUT2D eigenvalue weighted by atomic mass is 16.6. The molecule has 1 heterocycles. The summed E-state index contributed by atoms with van der Waals surface area (Å²) < 4.78 is 13.4. The fourth-order valence-corrected chi connectivity index (χ4v) is 1.50. The van der Waals surface area contributed by atoms with E-state index in [1.54, 1.807) is 0 Å². The highest BCUT2D eigenvalue weighted by molar-refractivity contribution is 5.97. The molecule has 2 atom stereocenters. The lowest BCUT2D eigenvalue weighted by Gasteiger charge is -2.25. The van der Waals surface area contributed by atoms with Gasteiger partial charge in [0.25, 0.3) is 5.60 Å². The molecular weight excluding hydrogens is 236 g/mol. The Balaban J connectivity index is 3.16. The monoisotopic (exact) mass is 246 g/mol. The smallest absolute Gasteiger partial charge is 0.353 e. The normalized spacial score (nSPS) is 27.2. The Kier molecular flexibility index (Phi) is 3.35. The molecule has 0 spiro atoms. The van der Waals surface area contributed by atoms with Crippen LogP contribution in [0.3, 0.4) is 0 Å². The molecule has 1 aliphatic heterocycles. The predicted molar refractivity (Wildman–Crippen MR) is 48.6 cm³/mol. The molecule has 17 heavy (non-hydrogen) atoms. The number of carboxylic acid groups (broad SMARTS) is 1. The van der Waals surface area contributed by atoms with Crippen molar-refractivity contribution in [3.05, 3.63) is 0 Å². The summed E-state index contributed by atoms with van der Waals surface area (Å²) in [5.74, 6) is -4.64. The second-order valence-electron chi connectivity index (χ2n) is 3.36. The van der Waals surface area contributed by atoms with Gasteiger partial charge in [0, 0.05) is 6.92 Å². The second kappa shape index (κ2) is 4.40. The maximum absolute atomic E-state index is 11.3. The zero-order valence-electron chi connectivity index (χ0n) is 9.09. The topological polar surface area (TPSA) is 116 Å². The molecule has 0 aromatic rings. The Labute approximate surface area is 95.4 Å². The van der Waals surface area contributed by atoms with Gasteiger partial charge in [0.2, 0.25) is 6.10 Å². The lowest BCUT2D eigenvalue weighted by atomic mass is 9.95. The number of carbonyl (C=O) groups is 4. The molecule has 0 radical (unpaired) electrons. The number of esters is 3. The molecule has 1 N–H and O–H groups in total. The number of carbonyl (C=O) groups excluding carboxylic acids is 3. The first-order valence-corrected chi connectivity index (χ1v) is 4.54. The van der Waals surface area contributed by atoms with Crippen molar-refractivity contribution in [3.63, 3.8) is 0 Å². The van der Waals surface area contributed by atoms with Gasteiger partial charge in [-0.3, -0.25) is 9.59 Å². The minimum Gasteiger partial charge on any atom is -0.478 e. The zero-order valence-corrected chi connectivity index (χ0v) is 9.09. The van der Waals surface area contributed by atoms with Crippen molar-refractivity contribution in [2.75, 3.05) is 7.11 Å². The van der Waals surface area contributed by atoms with Gasteiger partial charge in [-0.25, -0.2) is 9.59 Å². The third-order valence-corrected chi connectivity index (χ3v) is 2.18. The van der Waals surface area contributed by atoms with E-state index in [0.717, 1.165) is 14.0 Å². The molecule has 1 aliphatic rings. The molecule has 0 aliphatic carbocycles. The van der Waals surface area contributed by atoms with Crippen LogP contribution < -0.4 is 0 Å². The van der Waals surface area contributed by atoms with E-state index >= 15 is 0 Å². The van der Waals surface area contributed by atoms with Crippen molar-refractivity contribution < 1.29 is 38.5 Å². The van der Waals surface area contributed by atoms with Crippen LogP contribution in [0.4, 0.5) is 0 Å². The van der Waals surface area contributed by atoms with Crippen molar-refractivity contribution in [2.24, 2.45) is 0 Å². The molecule has 0 saturated carbocycles. The van der Waals surface area contributed by atoms with Gasteiger partial charge in [0.15, 0.2) is 0 Å². The van der Waals surface area contributed by atoms with Crippen LogP contribution in [0.5, 0.6) is 0 Å². The fourth-order valence-electron chi connectivity index (χ4n) is 1.50. The average molecular weight is 246 g/mol. The summed E-state index contributed by atoms with van der Waals surface area (Å²) in [5, 5.41) is 9.03. The molecule has 0 aromatic carbocycles. The number of carboxylic acids is 1. The Morgan fingerprint density at radius 3 is 2.47 bits per heavy atom. The maximum Gasteiger partial charge on any atom is 0.353 e. The standard InChI is InChI=1S/C9H10O8/c1-4(10)17-9(8(13)14)3-5(11)16-6(9)7(12)15-2/h6H,3H2,1-2H3,(H,13,14)/t6?,9-/m0/s1. The largest absolute Gasteiger partial charge is 0.478 e. The lowest BCUT2D eigenvalue weighted by molar-refractivity contribution is -0.191. The summed E-state index contributed by atoms with van der Waals surface area (Å²) in [6.07, 6.45) is -2.52. The van der Waals surface area contributed by atoms with Crippen molar-refractivity contribution in [1.82, 2.24) is 0 Å². The molecule has 94 valence electrons. The first-order chi connectivity index (χ1) is 7.83. The van der Waals surface area contributed by atoms with Crippen LogP contribution in [0.15, 0.2) is 0 Å². The molecule has 8 heteroatoms. The number of hydrogen-bond donors (Lipinski definition) is 1. The summed E-state index contributed by atoms with van der Waals surface area (Å²) in [4.78, 5) is 44.4. The average Bonchev–Trinajstić information content (AvgIpc) is 2.54. The van der Waals surface area contributed by atoms with Gasteiger partial charge in [-0.05, 0) is 0 Å². The van der Waals surface area contributed by atoms with E-state index in [4.69, 9.17) is 5.11 Å². The first kappa shape index (κ1) is 12.9. The number of rotatable bonds is 3. The molecule has 8 nitrogen and oxygen atoms in total. The van der Waals surface area contributed by atoms with E-state index in [-0.39, 0.29) is 0 Å². The van der Waals surface area contributed by atoms with Crippen molar-refractivity contribution in [3.8, 4) is 0 Å². The molecule has 1 fully saturated rings. The molecule has 0 aromatic heterocycles. The van der Waals surface area contributed by atoms with Gasteiger partial charge in [0.05, 0.1) is 7.11 Å². The molecule has 0 bridgehead atoms. The van der Waals surface area contributed by atoms with E-state index in [1.165, 1.54) is 0 Å². The summed E-state index contributed by atoms with van der Waals surface area (Å²) in [6, 6.07) is 0. The van der Waals surface area contributed by atoms with Gasteiger partial charge in [-0.1, -0.05) is 0 Å². The van der Waals surface area contributed by atoms with Crippen molar-refractivity contribution in [1.29, 1.82) is 0 Å². The third-order valence-electron chi connectivity index (χ3n) is 2.18. The molecule has 0 amide bonds. The third kappa shape index (κ3) is 2.19. The predicted octanol–water partition coefficient (Wildman–Crippen LogP) is -1.14. The molecule has 1 rings (SSSR count). The number of ether oxygens (including phenoxy) is 3. The zero-order chi connectivity index (χ0) is 13.2. The van der Waals surface area contributed by atoms with Gasteiger partial charge in [-0.15, -0.1) is 0 Å².